The van der Waals surface area contributed by atoms with Gasteiger partial charge in [0.05, 0.1) is 26.2 Å². The van der Waals surface area contributed by atoms with Gasteiger partial charge in [0.15, 0.2) is 0 Å². The van der Waals surface area contributed by atoms with Crippen LogP contribution >= 0.6 is 0 Å². The fourth-order valence-corrected chi connectivity index (χ4v) is 6.43. The van der Waals surface area contributed by atoms with Crippen LogP contribution in [0.5, 0.6) is 0 Å². The molecule has 0 radical (unpaired) electrons. The van der Waals surface area contributed by atoms with Gasteiger partial charge in [-0.3, -0.25) is 4.79 Å². The van der Waals surface area contributed by atoms with E-state index in [1.807, 2.05) is 55.5 Å². The highest BCUT2D eigenvalue weighted by molar-refractivity contribution is 8.04. The normalized spacial score (nSPS) is 14.2. The minimum absolute atomic E-state index is 0.147. The highest BCUT2D eigenvalue weighted by Gasteiger charge is 2.27. The first-order valence-electron chi connectivity index (χ1n) is 11.7. The van der Waals surface area contributed by atoms with Crippen LogP contribution in [0.1, 0.15) is 42.2 Å². The minimum atomic E-state index is -2.65. The molecule has 1 atom stereocenters. The number of nitrogens with one attached hydrogen (secondary N) is 3. The van der Waals surface area contributed by atoms with Crippen LogP contribution in [0.25, 0.3) is 22.0 Å². The number of aromatic nitrogens is 1. The number of rotatable bonds is 7. The van der Waals surface area contributed by atoms with Crippen molar-refractivity contribution in [1.29, 1.82) is 5.26 Å². The second kappa shape index (κ2) is 9.32. The van der Waals surface area contributed by atoms with Crippen molar-refractivity contribution in [3.8, 4) is 17.2 Å². The van der Waals surface area contributed by atoms with Gasteiger partial charge in [0, 0.05) is 33.6 Å². The van der Waals surface area contributed by atoms with Gasteiger partial charge in [-0.15, -0.1) is 0 Å². The number of carbonyl (C=O) groups is 1. The topological polar surface area (TPSA) is 97.8 Å². The van der Waals surface area contributed by atoms with E-state index in [1.165, 1.54) is 0 Å². The molecule has 1 heterocycles. The van der Waals surface area contributed by atoms with Gasteiger partial charge in [-0.25, -0.2) is 4.21 Å². The van der Waals surface area contributed by atoms with Gasteiger partial charge >= 0.3 is 0 Å². The second-order valence-electron chi connectivity index (χ2n) is 8.59. The zero-order valence-electron chi connectivity index (χ0n) is 19.4. The van der Waals surface area contributed by atoms with E-state index in [9.17, 15) is 9.00 Å². The molecule has 1 fully saturated rings. The molecular weight excluding hydrogens is 456 g/mol. The number of nitrogens with zero attached hydrogens (tertiary/aromatic N) is 1. The van der Waals surface area contributed by atoms with E-state index in [2.05, 4.69) is 21.1 Å². The number of aromatic amines is 1. The van der Waals surface area contributed by atoms with E-state index < -0.39 is 9.71 Å². The van der Waals surface area contributed by atoms with Crippen LogP contribution in [0.3, 0.4) is 0 Å². The fourth-order valence-electron chi connectivity index (χ4n) is 4.18. The molecule has 6 nitrogen and oxygen atoms in total. The van der Waals surface area contributed by atoms with Gasteiger partial charge < -0.3 is 15.0 Å². The molecule has 7 heteroatoms. The molecule has 1 saturated carbocycles. The SMILES string of the molecule is CCCNC(=O)c1[nH]c2ccc(NS(=O)(=C3CC3)c3ccc(C#N)cc3)cc2c1-c1ccccc1. The van der Waals surface area contributed by atoms with Crippen LogP contribution in [0.2, 0.25) is 0 Å². The number of carbonyl (C=O) groups excluding carboxylic acids is 1. The van der Waals surface area contributed by atoms with Gasteiger partial charge in [-0.1, -0.05) is 37.3 Å². The quantitative estimate of drug-likeness (QED) is 0.304. The Morgan fingerprint density at radius 1 is 1.06 bits per heavy atom. The number of amides is 1. The third-order valence-electron chi connectivity index (χ3n) is 6.06. The maximum absolute atomic E-state index is 14.1. The molecule has 0 saturated heterocycles. The van der Waals surface area contributed by atoms with Crippen LogP contribution in [-0.2, 0) is 9.71 Å². The summed E-state index contributed by atoms with van der Waals surface area (Å²) in [5.41, 5.74) is 4.35. The number of benzene rings is 3. The summed E-state index contributed by atoms with van der Waals surface area (Å²) in [6, 6.07) is 24.6. The monoisotopic (exact) mass is 482 g/mol. The summed E-state index contributed by atoms with van der Waals surface area (Å²) in [5, 5.41) is 13.0. The first kappa shape index (κ1) is 22.8. The lowest BCUT2D eigenvalue weighted by atomic mass is 10.0. The van der Waals surface area contributed by atoms with Gasteiger partial charge in [0.25, 0.3) is 5.91 Å². The number of H-pyrrole nitrogens is 1. The lowest BCUT2D eigenvalue weighted by molar-refractivity contribution is 0.0950. The van der Waals surface area contributed by atoms with Gasteiger partial charge in [-0.2, -0.15) is 5.26 Å². The minimum Gasteiger partial charge on any atom is -0.351 e. The van der Waals surface area contributed by atoms with Crippen molar-refractivity contribution < 1.29 is 9.00 Å². The molecule has 3 aromatic carbocycles. The second-order valence-corrected chi connectivity index (χ2v) is 11.0. The number of nitriles is 1. The molecule has 1 aliphatic rings. The van der Waals surface area contributed by atoms with Gasteiger partial charge in [-0.05, 0) is 67.3 Å². The van der Waals surface area contributed by atoms with Crippen molar-refractivity contribution >= 4 is 37.1 Å². The first-order chi connectivity index (χ1) is 17.0. The molecule has 1 aliphatic carbocycles. The Morgan fingerprint density at radius 3 is 2.46 bits per heavy atom. The predicted molar refractivity (Wildman–Crippen MR) is 142 cm³/mol. The zero-order chi connectivity index (χ0) is 24.4. The molecule has 1 unspecified atom stereocenters. The molecule has 4 aromatic rings. The smallest absolute Gasteiger partial charge is 0.268 e. The fraction of sp³-hybridized carbons (Fsp3) is 0.179. The molecule has 176 valence electrons. The van der Waals surface area contributed by atoms with Gasteiger partial charge in [0.1, 0.15) is 5.69 Å². The van der Waals surface area contributed by atoms with E-state index in [4.69, 9.17) is 5.26 Å². The summed E-state index contributed by atoms with van der Waals surface area (Å²) in [6.45, 7) is 2.62. The molecule has 1 aromatic heterocycles. The first-order valence-corrected chi connectivity index (χ1v) is 13.3. The maximum Gasteiger partial charge on any atom is 0.268 e. The summed E-state index contributed by atoms with van der Waals surface area (Å²) < 4.78 is 17.4. The average Bonchev–Trinajstić information content (AvgIpc) is 3.69. The Kier molecular flexibility index (Phi) is 6.06. The molecule has 0 spiro atoms. The van der Waals surface area contributed by atoms with Crippen LogP contribution in [0, 0.1) is 11.3 Å². The summed E-state index contributed by atoms with van der Waals surface area (Å²) in [4.78, 5) is 17.9. The Hall–Kier alpha value is -4.02. The van der Waals surface area contributed by atoms with Crippen LogP contribution in [0.4, 0.5) is 5.69 Å². The van der Waals surface area contributed by atoms with Crippen LogP contribution in [-0.4, -0.2) is 26.5 Å². The Balaban J connectivity index is 1.61. The van der Waals surface area contributed by atoms with Crippen LogP contribution < -0.4 is 10.0 Å². The van der Waals surface area contributed by atoms with E-state index in [-0.39, 0.29) is 5.91 Å². The molecule has 0 aliphatic heterocycles. The Bertz CT molecular complexity index is 1570. The summed E-state index contributed by atoms with van der Waals surface area (Å²) >= 11 is 0. The number of hydrogen-bond donors (Lipinski definition) is 3. The van der Waals surface area contributed by atoms with E-state index >= 15 is 0 Å². The highest BCUT2D eigenvalue weighted by atomic mass is 32.2. The Morgan fingerprint density at radius 2 is 1.80 bits per heavy atom. The van der Waals surface area contributed by atoms with Crippen molar-refractivity contribution in [2.45, 2.75) is 31.1 Å². The van der Waals surface area contributed by atoms with Crippen molar-refractivity contribution in [3.63, 3.8) is 0 Å². The Labute approximate surface area is 205 Å². The standard InChI is InChI=1S/C28H26N4O2S/c1-2-16-30-28(33)27-26(20-6-4-3-5-7-20)24-17-21(10-15-25(24)31-27)32-35(34,23-13-14-23)22-11-8-19(18-29)9-12-22/h3-12,15,17,31H,2,13-14,16H2,1H3,(H,30,33)(H,32,34). The average molecular weight is 483 g/mol. The van der Waals surface area contributed by atoms with Gasteiger partial charge in [0.2, 0.25) is 0 Å². The predicted octanol–water partition coefficient (Wildman–Crippen LogP) is 5.48. The van der Waals surface area contributed by atoms with E-state index in [0.29, 0.717) is 28.4 Å². The molecule has 1 amide bonds. The lowest BCUT2D eigenvalue weighted by Gasteiger charge is -2.15. The maximum atomic E-state index is 14.1. The van der Waals surface area contributed by atoms with Crippen molar-refractivity contribution in [3.05, 3.63) is 84.1 Å². The van der Waals surface area contributed by atoms with Crippen molar-refractivity contribution in [1.82, 2.24) is 10.3 Å². The largest absolute Gasteiger partial charge is 0.351 e. The molecule has 3 N–H and O–H groups in total. The third-order valence-corrected chi connectivity index (χ3v) is 8.74. The molecule has 35 heavy (non-hydrogen) atoms. The lowest BCUT2D eigenvalue weighted by Crippen LogP contribution is -2.24. The molecule has 0 bridgehead atoms. The number of hydrogen-bond acceptors (Lipinski definition) is 3. The summed E-state index contributed by atoms with van der Waals surface area (Å²) in [7, 11) is -2.65. The number of fused-ring (bicyclic) bond motifs is 1. The third kappa shape index (κ3) is 4.41. The number of anilines is 1. The van der Waals surface area contributed by atoms with Crippen molar-refractivity contribution in [2.75, 3.05) is 11.3 Å². The van der Waals surface area contributed by atoms with E-state index in [0.717, 1.165) is 46.2 Å². The molecular formula is C28H26N4O2S. The molecule has 5 rings (SSSR count). The van der Waals surface area contributed by atoms with Crippen molar-refractivity contribution in [2.24, 2.45) is 0 Å². The zero-order valence-corrected chi connectivity index (χ0v) is 20.2. The summed E-state index contributed by atoms with van der Waals surface area (Å²) in [6.07, 6.45) is 2.48. The highest BCUT2D eigenvalue weighted by Crippen LogP contribution is 2.35. The van der Waals surface area contributed by atoms with E-state index in [1.54, 1.807) is 24.3 Å². The summed E-state index contributed by atoms with van der Waals surface area (Å²) in [5.74, 6) is -0.147. The van der Waals surface area contributed by atoms with Crippen LogP contribution in [0.15, 0.2) is 77.7 Å².